The second-order valence-corrected chi connectivity index (χ2v) is 5.19. The molecule has 0 bridgehead atoms. The van der Waals surface area contributed by atoms with Gasteiger partial charge in [-0.05, 0) is 24.6 Å². The van der Waals surface area contributed by atoms with Gasteiger partial charge in [0.05, 0.1) is 17.0 Å². The molecular formula is C16H14N4O3. The molecule has 0 aliphatic heterocycles. The normalized spacial score (nSPS) is 10.7. The number of rotatable bonds is 4. The number of hydrogen-bond donors (Lipinski definition) is 1. The highest BCUT2D eigenvalue weighted by Crippen LogP contribution is 2.17. The van der Waals surface area contributed by atoms with E-state index < -0.39 is 4.92 Å². The molecule has 0 saturated carbocycles. The summed E-state index contributed by atoms with van der Waals surface area (Å²) in [5.74, 6) is -0.272. The average Bonchev–Trinajstić information content (AvgIpc) is 2.91. The number of pyridine rings is 1. The zero-order chi connectivity index (χ0) is 16.4. The first kappa shape index (κ1) is 14.7. The number of nitro benzene ring substituents is 1. The second-order valence-electron chi connectivity index (χ2n) is 5.19. The number of benzene rings is 1. The van der Waals surface area contributed by atoms with Gasteiger partial charge in [-0.15, -0.1) is 0 Å². The Morgan fingerprint density at radius 2 is 2.17 bits per heavy atom. The van der Waals surface area contributed by atoms with Gasteiger partial charge in [0.1, 0.15) is 5.65 Å². The van der Waals surface area contributed by atoms with Gasteiger partial charge in [-0.2, -0.15) is 0 Å². The first-order chi connectivity index (χ1) is 11.0. The van der Waals surface area contributed by atoms with Crippen molar-refractivity contribution in [2.75, 3.05) is 5.32 Å². The molecule has 0 spiro atoms. The lowest BCUT2D eigenvalue weighted by molar-refractivity contribution is -0.384. The predicted molar refractivity (Wildman–Crippen MR) is 85.4 cm³/mol. The molecule has 3 rings (SSSR count). The summed E-state index contributed by atoms with van der Waals surface area (Å²) in [6.45, 7) is 1.95. The molecule has 0 saturated heterocycles. The monoisotopic (exact) mass is 310 g/mol. The fraction of sp³-hybridized carbons (Fsp3) is 0.125. The van der Waals surface area contributed by atoms with Crippen LogP contribution in [0.5, 0.6) is 0 Å². The highest BCUT2D eigenvalue weighted by Gasteiger charge is 2.11. The van der Waals surface area contributed by atoms with E-state index in [1.165, 1.54) is 18.2 Å². The lowest BCUT2D eigenvalue weighted by Crippen LogP contribution is -2.14. The van der Waals surface area contributed by atoms with Gasteiger partial charge in [-0.1, -0.05) is 12.1 Å². The van der Waals surface area contributed by atoms with Gasteiger partial charge in [-0.25, -0.2) is 4.98 Å². The van der Waals surface area contributed by atoms with E-state index in [4.69, 9.17) is 0 Å². The Bertz CT molecular complexity index is 901. The number of aryl methyl sites for hydroxylation is 1. The summed E-state index contributed by atoms with van der Waals surface area (Å²) in [7, 11) is 0. The number of fused-ring (bicyclic) bond motifs is 1. The quantitative estimate of drug-likeness (QED) is 0.592. The molecule has 116 valence electrons. The number of hydrogen-bond acceptors (Lipinski definition) is 4. The van der Waals surface area contributed by atoms with Crippen LogP contribution in [-0.4, -0.2) is 20.2 Å². The molecule has 0 aliphatic carbocycles. The van der Waals surface area contributed by atoms with Crippen LogP contribution in [0.3, 0.4) is 0 Å². The van der Waals surface area contributed by atoms with Gasteiger partial charge in [0.25, 0.3) is 5.69 Å². The summed E-state index contributed by atoms with van der Waals surface area (Å²) in [5.41, 5.74) is 2.81. The van der Waals surface area contributed by atoms with E-state index >= 15 is 0 Å². The SMILES string of the molecule is Cc1cccn2cc(CC(=O)Nc3cccc([N+](=O)[O-])c3)nc12. The fourth-order valence-corrected chi connectivity index (χ4v) is 2.36. The van der Waals surface area contributed by atoms with Crippen molar-refractivity contribution in [3.05, 3.63) is 70.2 Å². The zero-order valence-electron chi connectivity index (χ0n) is 12.4. The maximum Gasteiger partial charge on any atom is 0.271 e. The maximum absolute atomic E-state index is 12.1. The summed E-state index contributed by atoms with van der Waals surface area (Å²) in [6.07, 6.45) is 3.77. The van der Waals surface area contributed by atoms with Crippen molar-refractivity contribution in [1.82, 2.24) is 9.38 Å². The predicted octanol–water partition coefficient (Wildman–Crippen LogP) is 2.73. The highest BCUT2D eigenvalue weighted by atomic mass is 16.6. The Labute approximate surface area is 131 Å². The molecule has 0 unspecified atom stereocenters. The van der Waals surface area contributed by atoms with Crippen molar-refractivity contribution < 1.29 is 9.72 Å². The van der Waals surface area contributed by atoms with Gasteiger partial charge in [0.2, 0.25) is 5.91 Å². The highest BCUT2D eigenvalue weighted by molar-refractivity contribution is 5.92. The molecule has 7 heteroatoms. The van der Waals surface area contributed by atoms with Crippen molar-refractivity contribution in [2.45, 2.75) is 13.3 Å². The largest absolute Gasteiger partial charge is 0.325 e. The number of aromatic nitrogens is 2. The summed E-state index contributed by atoms with van der Waals surface area (Å²) in [4.78, 5) is 26.8. The molecule has 23 heavy (non-hydrogen) atoms. The van der Waals surface area contributed by atoms with Gasteiger partial charge < -0.3 is 9.72 Å². The van der Waals surface area contributed by atoms with Crippen LogP contribution < -0.4 is 5.32 Å². The molecule has 1 N–H and O–H groups in total. The summed E-state index contributed by atoms with van der Waals surface area (Å²) >= 11 is 0. The van der Waals surface area contributed by atoms with Gasteiger partial charge >= 0.3 is 0 Å². The molecule has 0 fully saturated rings. The van der Waals surface area contributed by atoms with Crippen LogP contribution in [0, 0.1) is 17.0 Å². The van der Waals surface area contributed by atoms with Crippen LogP contribution in [0.2, 0.25) is 0 Å². The van der Waals surface area contributed by atoms with Crippen molar-refractivity contribution in [2.24, 2.45) is 0 Å². The van der Waals surface area contributed by atoms with Crippen molar-refractivity contribution >= 4 is 22.9 Å². The smallest absolute Gasteiger partial charge is 0.271 e. The molecule has 1 aromatic carbocycles. The van der Waals surface area contributed by atoms with E-state index in [1.807, 2.05) is 29.7 Å². The van der Waals surface area contributed by atoms with Crippen LogP contribution in [0.15, 0.2) is 48.8 Å². The first-order valence-corrected chi connectivity index (χ1v) is 7.00. The Kier molecular flexibility index (Phi) is 3.76. The molecule has 7 nitrogen and oxygen atoms in total. The van der Waals surface area contributed by atoms with E-state index in [-0.39, 0.29) is 18.0 Å². The number of non-ortho nitro benzene ring substituents is 1. The lowest BCUT2D eigenvalue weighted by Gasteiger charge is -2.03. The Morgan fingerprint density at radius 3 is 2.91 bits per heavy atom. The fourth-order valence-electron chi connectivity index (χ4n) is 2.36. The Balaban J connectivity index is 1.74. The van der Waals surface area contributed by atoms with Crippen molar-refractivity contribution in [3.8, 4) is 0 Å². The third kappa shape index (κ3) is 3.18. The summed E-state index contributed by atoms with van der Waals surface area (Å²) in [5, 5.41) is 13.4. The number of imidazole rings is 1. The molecule has 1 amide bonds. The number of carbonyl (C=O) groups excluding carboxylic acids is 1. The van der Waals surface area contributed by atoms with E-state index in [0.29, 0.717) is 11.4 Å². The Hall–Kier alpha value is -3.22. The number of nitrogens with one attached hydrogen (secondary N) is 1. The molecule has 3 aromatic rings. The number of amides is 1. The minimum Gasteiger partial charge on any atom is -0.325 e. The number of carbonyl (C=O) groups is 1. The molecule has 0 atom stereocenters. The molecular weight excluding hydrogens is 296 g/mol. The van der Waals surface area contributed by atoms with Gasteiger partial charge in [-0.3, -0.25) is 14.9 Å². The molecule has 0 aliphatic rings. The van der Waals surface area contributed by atoms with Crippen molar-refractivity contribution in [1.29, 1.82) is 0 Å². The average molecular weight is 310 g/mol. The number of anilines is 1. The van der Waals surface area contributed by atoms with E-state index in [1.54, 1.807) is 12.3 Å². The first-order valence-electron chi connectivity index (χ1n) is 7.00. The topological polar surface area (TPSA) is 89.5 Å². The standard InChI is InChI=1S/C16H14N4O3/c1-11-4-3-7-19-10-13(18-16(11)19)9-15(21)17-12-5-2-6-14(8-12)20(22)23/h2-8,10H,9H2,1H3,(H,17,21). The van der Waals surface area contributed by atoms with E-state index in [0.717, 1.165) is 11.2 Å². The van der Waals surface area contributed by atoms with Crippen LogP contribution in [0.25, 0.3) is 5.65 Å². The van der Waals surface area contributed by atoms with E-state index in [9.17, 15) is 14.9 Å². The molecule has 0 radical (unpaired) electrons. The van der Waals surface area contributed by atoms with Gasteiger partial charge in [0, 0.05) is 30.2 Å². The summed E-state index contributed by atoms with van der Waals surface area (Å²) < 4.78 is 1.87. The van der Waals surface area contributed by atoms with Crippen LogP contribution in [0.4, 0.5) is 11.4 Å². The van der Waals surface area contributed by atoms with Crippen LogP contribution >= 0.6 is 0 Å². The van der Waals surface area contributed by atoms with Crippen LogP contribution in [0.1, 0.15) is 11.3 Å². The number of nitrogens with zero attached hydrogens (tertiary/aromatic N) is 3. The molecule has 2 aromatic heterocycles. The Morgan fingerprint density at radius 1 is 1.35 bits per heavy atom. The van der Waals surface area contributed by atoms with Crippen molar-refractivity contribution in [3.63, 3.8) is 0 Å². The van der Waals surface area contributed by atoms with E-state index in [2.05, 4.69) is 10.3 Å². The van der Waals surface area contributed by atoms with Crippen LogP contribution in [-0.2, 0) is 11.2 Å². The minimum absolute atomic E-state index is 0.0637. The minimum atomic E-state index is -0.499. The van der Waals surface area contributed by atoms with Gasteiger partial charge in [0.15, 0.2) is 0 Å². The second kappa shape index (κ2) is 5.88. The maximum atomic E-state index is 12.1. The third-order valence-corrected chi connectivity index (χ3v) is 3.41. The lowest BCUT2D eigenvalue weighted by atomic mass is 10.2. The summed E-state index contributed by atoms with van der Waals surface area (Å²) in [6, 6.07) is 9.71. The third-order valence-electron chi connectivity index (χ3n) is 3.41. The number of nitro groups is 1. The zero-order valence-corrected chi connectivity index (χ0v) is 12.4. The molecule has 2 heterocycles.